The zero-order chi connectivity index (χ0) is 18.5. The van der Waals surface area contributed by atoms with E-state index in [1.54, 1.807) is 6.92 Å². The molecule has 0 saturated heterocycles. The van der Waals surface area contributed by atoms with Gasteiger partial charge in [-0.05, 0) is 43.3 Å². The minimum Gasteiger partial charge on any atom is -0.280 e. The molecule has 132 valence electrons. The maximum Gasteiger partial charge on any atom is 0.261 e. The molecular weight excluding hydrogens is 364 g/mol. The Morgan fingerprint density at radius 1 is 1.00 bits per heavy atom. The number of rotatable bonds is 7. The van der Waals surface area contributed by atoms with E-state index in [0.29, 0.717) is 5.69 Å². The van der Waals surface area contributed by atoms with E-state index >= 15 is 0 Å². The fraction of sp³-hybridized carbons (Fsp3) is 0.200. The Morgan fingerprint density at radius 3 is 2.04 bits per heavy atom. The molecule has 0 unspecified atom stereocenters. The molecule has 1 atom stereocenters. The fourth-order valence-corrected chi connectivity index (χ4v) is 3.98. The molecule has 1 heterocycles. The fourth-order valence-electron chi connectivity index (χ4n) is 1.80. The molecule has 25 heavy (non-hydrogen) atoms. The van der Waals surface area contributed by atoms with Gasteiger partial charge in [-0.15, -0.1) is 0 Å². The largest absolute Gasteiger partial charge is 0.280 e. The van der Waals surface area contributed by atoms with Crippen molar-refractivity contribution in [2.45, 2.75) is 16.7 Å². The minimum atomic E-state index is -3.84. The Hall–Kier alpha value is -2.48. The number of nitriles is 1. The van der Waals surface area contributed by atoms with Crippen LogP contribution >= 0.6 is 0 Å². The topological polar surface area (TPSA) is 129 Å². The predicted octanol–water partition coefficient (Wildman–Crippen LogP) is 1.32. The summed E-state index contributed by atoms with van der Waals surface area (Å²) in [6, 6.07) is 9.71. The molecule has 0 aliphatic rings. The van der Waals surface area contributed by atoms with Crippen molar-refractivity contribution in [3.63, 3.8) is 0 Å². The molecule has 1 aromatic heterocycles. The summed E-state index contributed by atoms with van der Waals surface area (Å²) in [5, 5.41) is 8.69. The summed E-state index contributed by atoms with van der Waals surface area (Å²) < 4.78 is 53.5. The van der Waals surface area contributed by atoms with Gasteiger partial charge < -0.3 is 0 Å². The lowest BCUT2D eigenvalue weighted by atomic mass is 10.2. The van der Waals surface area contributed by atoms with Gasteiger partial charge in [0.25, 0.3) is 10.0 Å². The van der Waals surface area contributed by atoms with E-state index in [9.17, 15) is 16.8 Å². The third kappa shape index (κ3) is 4.99. The van der Waals surface area contributed by atoms with Gasteiger partial charge in [-0.25, -0.2) is 21.6 Å². The van der Waals surface area contributed by atoms with Crippen LogP contribution in [0.3, 0.4) is 0 Å². The summed E-state index contributed by atoms with van der Waals surface area (Å²) in [6.45, 7) is 1.56. The number of nitrogens with one attached hydrogen (secondary N) is 2. The molecule has 0 spiro atoms. The van der Waals surface area contributed by atoms with Gasteiger partial charge in [0.2, 0.25) is 10.0 Å². The lowest BCUT2D eigenvalue weighted by Gasteiger charge is -2.10. The molecular formula is C15H16N4O4S2. The second kappa shape index (κ2) is 7.60. The summed E-state index contributed by atoms with van der Waals surface area (Å²) in [7, 11) is -7.65. The third-order valence-electron chi connectivity index (χ3n) is 3.18. The number of aromatic nitrogens is 1. The van der Waals surface area contributed by atoms with E-state index < -0.39 is 26.0 Å². The summed E-state index contributed by atoms with van der Waals surface area (Å²) in [6.07, 6.45) is 2.89. The van der Waals surface area contributed by atoms with Crippen molar-refractivity contribution >= 4 is 25.7 Å². The van der Waals surface area contributed by atoms with Gasteiger partial charge in [0, 0.05) is 18.9 Å². The molecule has 8 nitrogen and oxygen atoms in total. The SMILES string of the molecule is C[C@H](C#N)CNS(=O)(=O)c1ccc(S(=O)(=O)Nc2ccncc2)cc1. The average Bonchev–Trinajstić information content (AvgIpc) is 2.60. The van der Waals surface area contributed by atoms with Crippen LogP contribution in [0.2, 0.25) is 0 Å². The molecule has 10 heteroatoms. The van der Waals surface area contributed by atoms with Crippen LogP contribution in [0.4, 0.5) is 5.69 Å². The molecule has 0 fully saturated rings. The van der Waals surface area contributed by atoms with E-state index in [4.69, 9.17) is 5.26 Å². The Morgan fingerprint density at radius 2 is 1.52 bits per heavy atom. The zero-order valence-corrected chi connectivity index (χ0v) is 14.9. The first-order valence-electron chi connectivity index (χ1n) is 7.17. The van der Waals surface area contributed by atoms with Gasteiger partial charge in [-0.3, -0.25) is 9.71 Å². The maximum atomic E-state index is 12.3. The van der Waals surface area contributed by atoms with Crippen LogP contribution in [0.5, 0.6) is 0 Å². The van der Waals surface area contributed by atoms with Gasteiger partial charge >= 0.3 is 0 Å². The Balaban J connectivity index is 2.17. The van der Waals surface area contributed by atoms with Crippen LogP contribution in [0.15, 0.2) is 58.6 Å². The van der Waals surface area contributed by atoms with Crippen LogP contribution < -0.4 is 9.44 Å². The normalized spacial score (nSPS) is 13.0. The van der Waals surface area contributed by atoms with Crippen molar-refractivity contribution in [3.8, 4) is 6.07 Å². The van der Waals surface area contributed by atoms with Crippen molar-refractivity contribution in [1.82, 2.24) is 9.71 Å². The van der Waals surface area contributed by atoms with E-state index in [2.05, 4.69) is 14.4 Å². The number of hydrogen-bond donors (Lipinski definition) is 2. The molecule has 2 rings (SSSR count). The highest BCUT2D eigenvalue weighted by Gasteiger charge is 2.18. The molecule has 0 aliphatic heterocycles. The van der Waals surface area contributed by atoms with Crippen LogP contribution in [-0.4, -0.2) is 28.4 Å². The molecule has 0 radical (unpaired) electrons. The van der Waals surface area contributed by atoms with Gasteiger partial charge in [0.15, 0.2) is 0 Å². The lowest BCUT2D eigenvalue weighted by molar-refractivity contribution is 0.572. The second-order valence-electron chi connectivity index (χ2n) is 5.19. The number of sulfonamides is 2. The van der Waals surface area contributed by atoms with Gasteiger partial charge in [0.05, 0.1) is 27.5 Å². The number of nitrogens with zero attached hydrogens (tertiary/aromatic N) is 2. The van der Waals surface area contributed by atoms with Crippen molar-refractivity contribution in [2.75, 3.05) is 11.3 Å². The molecule has 0 amide bonds. The summed E-state index contributed by atoms with van der Waals surface area (Å²) in [4.78, 5) is 3.64. The highest BCUT2D eigenvalue weighted by atomic mass is 32.2. The standard InChI is InChI=1S/C15H16N4O4S2/c1-12(10-16)11-18-24(20,21)14-2-4-15(5-3-14)25(22,23)19-13-6-8-17-9-7-13/h2-9,12,18H,11H2,1H3,(H,17,19)/t12-/m1/s1. The average molecular weight is 380 g/mol. The van der Waals surface area contributed by atoms with Crippen LogP contribution in [0.25, 0.3) is 0 Å². The number of hydrogen-bond acceptors (Lipinski definition) is 6. The summed E-state index contributed by atoms with van der Waals surface area (Å²) in [5.74, 6) is -0.473. The minimum absolute atomic E-state index is 0.0253. The van der Waals surface area contributed by atoms with E-state index in [1.165, 1.54) is 48.8 Å². The van der Waals surface area contributed by atoms with Crippen molar-refractivity contribution in [1.29, 1.82) is 5.26 Å². The Kier molecular flexibility index (Phi) is 5.73. The molecule has 2 aromatic rings. The summed E-state index contributed by atoms with van der Waals surface area (Å²) in [5.41, 5.74) is 0.346. The predicted molar refractivity (Wildman–Crippen MR) is 91.5 cm³/mol. The third-order valence-corrected chi connectivity index (χ3v) is 6.01. The Bertz CT molecular complexity index is 966. The molecule has 0 saturated carbocycles. The molecule has 0 aliphatic carbocycles. The monoisotopic (exact) mass is 380 g/mol. The lowest BCUT2D eigenvalue weighted by Crippen LogP contribution is -2.28. The van der Waals surface area contributed by atoms with Gasteiger partial charge in [0.1, 0.15) is 0 Å². The van der Waals surface area contributed by atoms with Crippen LogP contribution in [0, 0.1) is 17.2 Å². The van der Waals surface area contributed by atoms with Crippen LogP contribution in [0.1, 0.15) is 6.92 Å². The summed E-state index contributed by atoms with van der Waals surface area (Å²) >= 11 is 0. The number of anilines is 1. The zero-order valence-electron chi connectivity index (χ0n) is 13.2. The van der Waals surface area contributed by atoms with E-state index in [1.807, 2.05) is 6.07 Å². The quantitative estimate of drug-likeness (QED) is 0.745. The first kappa shape index (κ1) is 18.9. The van der Waals surface area contributed by atoms with Crippen molar-refractivity contribution in [2.24, 2.45) is 5.92 Å². The smallest absolute Gasteiger partial charge is 0.261 e. The number of benzene rings is 1. The van der Waals surface area contributed by atoms with Gasteiger partial charge in [-0.1, -0.05) is 0 Å². The van der Waals surface area contributed by atoms with Crippen molar-refractivity contribution < 1.29 is 16.8 Å². The van der Waals surface area contributed by atoms with E-state index in [0.717, 1.165) is 0 Å². The number of pyridine rings is 1. The molecule has 0 bridgehead atoms. The first-order chi connectivity index (χ1) is 11.7. The highest BCUT2D eigenvalue weighted by molar-refractivity contribution is 7.92. The first-order valence-corrected chi connectivity index (χ1v) is 10.1. The second-order valence-corrected chi connectivity index (χ2v) is 8.64. The maximum absolute atomic E-state index is 12.3. The highest BCUT2D eigenvalue weighted by Crippen LogP contribution is 2.18. The van der Waals surface area contributed by atoms with Gasteiger partial charge in [-0.2, -0.15) is 5.26 Å². The van der Waals surface area contributed by atoms with Crippen LogP contribution in [-0.2, 0) is 20.0 Å². The Labute approximate surface area is 146 Å². The van der Waals surface area contributed by atoms with Crippen molar-refractivity contribution in [3.05, 3.63) is 48.8 Å². The molecule has 1 aromatic carbocycles. The van der Waals surface area contributed by atoms with E-state index in [-0.39, 0.29) is 16.3 Å². The molecule has 2 N–H and O–H groups in total.